The van der Waals surface area contributed by atoms with Crippen molar-refractivity contribution in [2.24, 2.45) is 0 Å². The van der Waals surface area contributed by atoms with Crippen molar-refractivity contribution in [3.63, 3.8) is 0 Å². The summed E-state index contributed by atoms with van der Waals surface area (Å²) in [6, 6.07) is 0. The molecular formula is C34H53O13P. The first kappa shape index (κ1) is 43.3. The van der Waals surface area contributed by atoms with Gasteiger partial charge in [0.2, 0.25) is 0 Å². The van der Waals surface area contributed by atoms with Gasteiger partial charge in [0.1, 0.15) is 43.2 Å². The van der Waals surface area contributed by atoms with E-state index in [0.29, 0.717) is 12.8 Å². The standard InChI is InChI=1S/C34H53O13P/c1-3-5-6-7-8-9-10-11-12-13-14-15-16-17-18-19-20-21-22-23-28(36)46-26(24-44-27(35)4-2)25-45-48(42,43)47-34-32(40)30(38)29(37)31(39)33(34)41/h5-6,8-9,11-12,14-15,17-18,20-21,26,29-34,37-41H,3-4,7,10,13,16,19,22-25H2,1-2H3,(H,42,43)/b6-5-,9-8-,12-11-,15-14-,18-17-,21-20-. The van der Waals surface area contributed by atoms with Gasteiger partial charge in [-0.15, -0.1) is 0 Å². The van der Waals surface area contributed by atoms with Crippen molar-refractivity contribution >= 4 is 19.8 Å². The molecule has 13 nitrogen and oxygen atoms in total. The zero-order valence-electron chi connectivity index (χ0n) is 27.7. The molecule has 6 unspecified atom stereocenters. The van der Waals surface area contributed by atoms with Gasteiger partial charge in [-0.05, 0) is 44.9 Å². The highest BCUT2D eigenvalue weighted by Gasteiger charge is 2.51. The number of carbonyl (C=O) groups is 2. The van der Waals surface area contributed by atoms with E-state index in [9.17, 15) is 44.6 Å². The lowest BCUT2D eigenvalue weighted by Crippen LogP contribution is -2.64. The van der Waals surface area contributed by atoms with Crippen molar-refractivity contribution in [1.82, 2.24) is 0 Å². The number of aliphatic hydroxyl groups excluding tert-OH is 5. The molecule has 1 saturated carbocycles. The van der Waals surface area contributed by atoms with Gasteiger partial charge in [0.15, 0.2) is 6.10 Å². The van der Waals surface area contributed by atoms with Crippen LogP contribution in [0.4, 0.5) is 0 Å². The van der Waals surface area contributed by atoms with Gasteiger partial charge in [-0.1, -0.05) is 86.8 Å². The Bertz CT molecular complexity index is 1130. The highest BCUT2D eigenvalue weighted by molar-refractivity contribution is 7.47. The lowest BCUT2D eigenvalue weighted by Gasteiger charge is -2.41. The topological polar surface area (TPSA) is 210 Å². The lowest BCUT2D eigenvalue weighted by molar-refractivity contribution is -0.220. The number of hydrogen-bond acceptors (Lipinski definition) is 12. The normalized spacial score (nSPS) is 25.6. The van der Waals surface area contributed by atoms with Crippen LogP contribution >= 0.6 is 7.82 Å². The minimum absolute atomic E-state index is 0.0276. The van der Waals surface area contributed by atoms with E-state index in [1.165, 1.54) is 0 Å². The first-order valence-electron chi connectivity index (χ1n) is 16.2. The van der Waals surface area contributed by atoms with Crippen LogP contribution in [0.15, 0.2) is 72.9 Å². The molecule has 1 rings (SSSR count). The second-order valence-electron chi connectivity index (χ2n) is 10.9. The number of phosphoric ester groups is 1. The summed E-state index contributed by atoms with van der Waals surface area (Å²) in [5.41, 5.74) is 0. The molecule has 0 amide bonds. The predicted octanol–water partition coefficient (Wildman–Crippen LogP) is 3.65. The highest BCUT2D eigenvalue weighted by Crippen LogP contribution is 2.47. The molecule has 0 bridgehead atoms. The minimum Gasteiger partial charge on any atom is -0.462 e. The summed E-state index contributed by atoms with van der Waals surface area (Å²) < 4.78 is 32.3. The fourth-order valence-corrected chi connectivity index (χ4v) is 5.15. The van der Waals surface area contributed by atoms with Crippen molar-refractivity contribution in [3.05, 3.63) is 72.9 Å². The number of carbonyl (C=O) groups excluding carboxylic acids is 2. The molecule has 0 saturated heterocycles. The van der Waals surface area contributed by atoms with Crippen molar-refractivity contribution in [2.75, 3.05) is 13.2 Å². The van der Waals surface area contributed by atoms with Crippen LogP contribution in [0.25, 0.3) is 0 Å². The van der Waals surface area contributed by atoms with E-state index in [0.717, 1.165) is 32.1 Å². The predicted molar refractivity (Wildman–Crippen MR) is 179 cm³/mol. The number of rotatable bonds is 23. The van der Waals surface area contributed by atoms with Crippen molar-refractivity contribution in [2.45, 2.75) is 114 Å². The Morgan fingerprint density at radius 1 is 0.646 bits per heavy atom. The van der Waals surface area contributed by atoms with Gasteiger partial charge in [-0.2, -0.15) is 0 Å². The Balaban J connectivity index is 2.43. The summed E-state index contributed by atoms with van der Waals surface area (Å²) in [4.78, 5) is 34.1. The van der Waals surface area contributed by atoms with Crippen molar-refractivity contribution in [1.29, 1.82) is 0 Å². The minimum atomic E-state index is -5.10. The van der Waals surface area contributed by atoms with E-state index < -0.39 is 75.7 Å². The van der Waals surface area contributed by atoms with Gasteiger partial charge >= 0.3 is 19.8 Å². The van der Waals surface area contributed by atoms with Gasteiger partial charge in [-0.25, -0.2) is 4.57 Å². The van der Waals surface area contributed by atoms with Crippen LogP contribution in [0.5, 0.6) is 0 Å². The van der Waals surface area contributed by atoms with Gasteiger partial charge in [0.05, 0.1) is 6.61 Å². The molecular weight excluding hydrogens is 647 g/mol. The zero-order chi connectivity index (χ0) is 35.8. The van der Waals surface area contributed by atoms with E-state index in [4.69, 9.17) is 18.5 Å². The number of allylic oxidation sites excluding steroid dienone is 12. The number of esters is 2. The lowest BCUT2D eigenvalue weighted by atomic mass is 9.85. The molecule has 0 aromatic rings. The molecule has 1 aliphatic rings. The van der Waals surface area contributed by atoms with Crippen LogP contribution in [0.1, 0.15) is 71.6 Å². The van der Waals surface area contributed by atoms with Crippen molar-refractivity contribution in [3.8, 4) is 0 Å². The van der Waals surface area contributed by atoms with E-state index in [-0.39, 0.29) is 12.8 Å². The molecule has 6 N–H and O–H groups in total. The van der Waals surface area contributed by atoms with Crippen LogP contribution in [0.2, 0.25) is 0 Å². The second-order valence-corrected chi connectivity index (χ2v) is 12.3. The van der Waals surface area contributed by atoms with Crippen LogP contribution in [-0.2, 0) is 32.7 Å². The smallest absolute Gasteiger partial charge is 0.462 e. The quantitative estimate of drug-likeness (QED) is 0.0512. The Morgan fingerprint density at radius 3 is 1.54 bits per heavy atom. The molecule has 272 valence electrons. The zero-order valence-corrected chi connectivity index (χ0v) is 28.6. The maximum Gasteiger partial charge on any atom is 0.472 e. The fraction of sp³-hybridized carbons (Fsp3) is 0.588. The second kappa shape index (κ2) is 25.3. The van der Waals surface area contributed by atoms with Gasteiger partial charge < -0.3 is 39.9 Å². The Hall–Kier alpha value is -2.71. The van der Waals surface area contributed by atoms with E-state index >= 15 is 0 Å². The monoisotopic (exact) mass is 700 g/mol. The third kappa shape index (κ3) is 18.7. The van der Waals surface area contributed by atoms with Gasteiger partial charge in [0, 0.05) is 12.8 Å². The van der Waals surface area contributed by atoms with E-state index in [1.54, 1.807) is 13.0 Å². The molecule has 0 aromatic heterocycles. The molecule has 0 heterocycles. The van der Waals surface area contributed by atoms with Gasteiger partial charge in [-0.3, -0.25) is 18.6 Å². The van der Waals surface area contributed by atoms with Crippen LogP contribution in [0.3, 0.4) is 0 Å². The number of ether oxygens (including phenoxy) is 2. The molecule has 0 aliphatic heterocycles. The summed E-state index contributed by atoms with van der Waals surface area (Å²) >= 11 is 0. The highest BCUT2D eigenvalue weighted by atomic mass is 31.2. The van der Waals surface area contributed by atoms with Crippen LogP contribution in [-0.4, -0.2) is 98.3 Å². The summed E-state index contributed by atoms with van der Waals surface area (Å²) in [5.74, 6) is -1.31. The Morgan fingerprint density at radius 2 is 1.08 bits per heavy atom. The molecule has 0 radical (unpaired) electrons. The molecule has 48 heavy (non-hydrogen) atoms. The fourth-order valence-electron chi connectivity index (χ4n) is 4.17. The third-order valence-corrected chi connectivity index (χ3v) is 7.87. The average molecular weight is 701 g/mol. The SMILES string of the molecule is CC/C=C\C/C=C\C/C=C\C/C=C\C/C=C\C/C=C\CCC(=O)OC(COC(=O)CC)COP(=O)(O)OC1C(O)C(O)C(O)C(O)C1O. The summed E-state index contributed by atoms with van der Waals surface area (Å²) in [6.45, 7) is 2.40. The average Bonchev–Trinajstić information content (AvgIpc) is 3.06. The third-order valence-electron chi connectivity index (χ3n) is 6.88. The number of hydrogen-bond donors (Lipinski definition) is 6. The molecule has 14 heteroatoms. The molecule has 1 fully saturated rings. The maximum absolute atomic E-state index is 12.5. The van der Waals surface area contributed by atoms with Gasteiger partial charge in [0.25, 0.3) is 0 Å². The molecule has 1 aliphatic carbocycles. The van der Waals surface area contributed by atoms with E-state index in [2.05, 4.69) is 55.5 Å². The molecule has 0 aromatic carbocycles. The Kier molecular flexibility index (Phi) is 22.8. The summed E-state index contributed by atoms with van der Waals surface area (Å²) in [5, 5.41) is 49.3. The van der Waals surface area contributed by atoms with Crippen LogP contribution < -0.4 is 0 Å². The molecule has 6 atom stereocenters. The Labute approximate surface area is 283 Å². The van der Waals surface area contributed by atoms with E-state index in [1.807, 2.05) is 18.2 Å². The van der Waals surface area contributed by atoms with Crippen molar-refractivity contribution < 1.29 is 63.1 Å². The summed E-state index contributed by atoms with van der Waals surface area (Å²) in [6.07, 6.45) is 17.2. The first-order valence-corrected chi connectivity index (χ1v) is 17.7. The number of aliphatic hydroxyl groups is 5. The van der Waals surface area contributed by atoms with Crippen LogP contribution in [0, 0.1) is 0 Å². The number of phosphoric acid groups is 1. The molecule has 0 spiro atoms. The maximum atomic E-state index is 12.5. The first-order chi connectivity index (χ1) is 22.9. The summed E-state index contributed by atoms with van der Waals surface area (Å²) in [7, 11) is -5.10. The largest absolute Gasteiger partial charge is 0.472 e.